The fourth-order valence-corrected chi connectivity index (χ4v) is 3.73. The fraction of sp³-hybridized carbons (Fsp3) is 0.263. The number of anilines is 1. The molecule has 0 saturated carbocycles. The maximum absolute atomic E-state index is 3.69. The highest BCUT2D eigenvalue weighted by molar-refractivity contribution is 9.10. The first-order valence-corrected chi connectivity index (χ1v) is 8.63. The topological polar surface area (TPSA) is 27.8 Å². The van der Waals surface area contributed by atoms with Crippen LogP contribution in [0.5, 0.6) is 0 Å². The van der Waals surface area contributed by atoms with E-state index in [2.05, 4.69) is 75.6 Å². The summed E-state index contributed by atoms with van der Waals surface area (Å²) in [5, 5.41) is 5.09. The molecule has 2 aromatic carbocycles. The van der Waals surface area contributed by atoms with Gasteiger partial charge in [-0.25, -0.2) is 0 Å². The first kappa shape index (κ1) is 13.9. The predicted octanol–water partition coefficient (Wildman–Crippen LogP) is 5.73. The van der Waals surface area contributed by atoms with Crippen molar-refractivity contribution in [1.29, 1.82) is 0 Å². The normalized spacial score (nSPS) is 17.5. The Morgan fingerprint density at radius 3 is 2.77 bits per heavy atom. The van der Waals surface area contributed by atoms with Gasteiger partial charge in [0.2, 0.25) is 0 Å². The third kappa shape index (κ3) is 2.44. The number of hydrogen-bond donors (Lipinski definition) is 2. The van der Waals surface area contributed by atoms with Crippen LogP contribution in [0.1, 0.15) is 35.7 Å². The van der Waals surface area contributed by atoms with Gasteiger partial charge in [0.05, 0.1) is 6.04 Å². The molecule has 1 aromatic heterocycles. The van der Waals surface area contributed by atoms with Crippen LogP contribution in [0.3, 0.4) is 0 Å². The number of fused-ring (bicyclic) bond motifs is 3. The monoisotopic (exact) mass is 354 g/mol. The van der Waals surface area contributed by atoms with Crippen LogP contribution < -0.4 is 5.32 Å². The minimum Gasteiger partial charge on any atom is -0.377 e. The zero-order valence-corrected chi connectivity index (χ0v) is 14.2. The second kappa shape index (κ2) is 5.47. The van der Waals surface area contributed by atoms with Crippen molar-refractivity contribution in [2.45, 2.75) is 32.2 Å². The highest BCUT2D eigenvalue weighted by Gasteiger charge is 2.24. The van der Waals surface area contributed by atoms with Crippen LogP contribution >= 0.6 is 15.9 Å². The van der Waals surface area contributed by atoms with Gasteiger partial charge in [0.15, 0.2) is 0 Å². The largest absolute Gasteiger partial charge is 0.377 e. The van der Waals surface area contributed by atoms with Gasteiger partial charge in [-0.3, -0.25) is 0 Å². The lowest BCUT2D eigenvalue weighted by molar-refractivity contribution is 0.593. The SMILES string of the molecule is Cc1ccc2[nH]c3c(c2c1)CCCC3Nc1ccc(Br)cc1. The van der Waals surface area contributed by atoms with E-state index in [4.69, 9.17) is 0 Å². The Morgan fingerprint density at radius 1 is 1.14 bits per heavy atom. The summed E-state index contributed by atoms with van der Waals surface area (Å²) >= 11 is 3.49. The molecule has 4 rings (SSSR count). The van der Waals surface area contributed by atoms with Gasteiger partial charge in [0.25, 0.3) is 0 Å². The van der Waals surface area contributed by atoms with Gasteiger partial charge < -0.3 is 10.3 Å². The van der Waals surface area contributed by atoms with Crippen molar-refractivity contribution in [3.8, 4) is 0 Å². The Morgan fingerprint density at radius 2 is 1.95 bits per heavy atom. The molecule has 1 atom stereocenters. The number of aromatic amines is 1. The molecule has 3 aromatic rings. The number of rotatable bonds is 2. The van der Waals surface area contributed by atoms with E-state index in [1.807, 2.05) is 0 Å². The van der Waals surface area contributed by atoms with Gasteiger partial charge in [-0.05, 0) is 68.1 Å². The lowest BCUT2D eigenvalue weighted by Gasteiger charge is -2.25. The summed E-state index contributed by atoms with van der Waals surface area (Å²) in [5.41, 5.74) is 6.64. The Bertz CT molecular complexity index is 817. The predicted molar refractivity (Wildman–Crippen MR) is 96.5 cm³/mol. The summed E-state index contributed by atoms with van der Waals surface area (Å²) in [7, 11) is 0. The Labute approximate surface area is 139 Å². The average Bonchev–Trinajstić information content (AvgIpc) is 2.89. The highest BCUT2D eigenvalue weighted by Crippen LogP contribution is 2.37. The second-order valence-corrected chi connectivity index (χ2v) is 7.08. The molecule has 0 bridgehead atoms. The molecule has 22 heavy (non-hydrogen) atoms. The van der Waals surface area contributed by atoms with Crippen molar-refractivity contribution in [3.05, 3.63) is 63.8 Å². The molecule has 1 aliphatic carbocycles. The third-order valence-corrected chi connectivity index (χ3v) is 5.08. The minimum atomic E-state index is 0.373. The second-order valence-electron chi connectivity index (χ2n) is 6.16. The lowest BCUT2D eigenvalue weighted by atomic mass is 9.91. The van der Waals surface area contributed by atoms with Crippen LogP contribution in [0.15, 0.2) is 46.9 Å². The van der Waals surface area contributed by atoms with Gasteiger partial charge >= 0.3 is 0 Å². The number of aryl methyl sites for hydroxylation is 2. The number of H-pyrrole nitrogens is 1. The Balaban J connectivity index is 1.72. The molecule has 1 aliphatic rings. The first-order chi connectivity index (χ1) is 10.7. The van der Waals surface area contributed by atoms with Crippen molar-refractivity contribution in [2.24, 2.45) is 0 Å². The van der Waals surface area contributed by atoms with E-state index < -0.39 is 0 Å². The molecule has 0 aliphatic heterocycles. The van der Waals surface area contributed by atoms with Crippen molar-refractivity contribution in [1.82, 2.24) is 4.98 Å². The number of halogens is 1. The zero-order chi connectivity index (χ0) is 15.1. The fourth-order valence-electron chi connectivity index (χ4n) is 3.47. The number of hydrogen-bond acceptors (Lipinski definition) is 1. The maximum Gasteiger partial charge on any atom is 0.0666 e. The molecular formula is C19H19BrN2. The third-order valence-electron chi connectivity index (χ3n) is 4.55. The molecule has 3 heteroatoms. The average molecular weight is 355 g/mol. The Kier molecular flexibility index (Phi) is 3.45. The van der Waals surface area contributed by atoms with Gasteiger partial charge in [-0.2, -0.15) is 0 Å². The van der Waals surface area contributed by atoms with Gasteiger partial charge in [-0.1, -0.05) is 27.6 Å². The molecule has 1 unspecified atom stereocenters. The number of nitrogens with one attached hydrogen (secondary N) is 2. The molecule has 1 heterocycles. The van der Waals surface area contributed by atoms with E-state index in [-0.39, 0.29) is 0 Å². The van der Waals surface area contributed by atoms with Crippen LogP contribution in [0, 0.1) is 6.92 Å². The molecule has 0 spiro atoms. The van der Waals surface area contributed by atoms with E-state index in [1.54, 1.807) is 0 Å². The summed E-state index contributed by atoms with van der Waals surface area (Å²) in [6.07, 6.45) is 3.59. The van der Waals surface area contributed by atoms with E-state index in [0.29, 0.717) is 6.04 Å². The minimum absolute atomic E-state index is 0.373. The van der Waals surface area contributed by atoms with Crippen molar-refractivity contribution < 1.29 is 0 Å². The van der Waals surface area contributed by atoms with E-state index >= 15 is 0 Å². The summed E-state index contributed by atoms with van der Waals surface area (Å²) < 4.78 is 1.11. The van der Waals surface area contributed by atoms with Gasteiger partial charge in [0, 0.05) is 26.8 Å². The number of benzene rings is 2. The van der Waals surface area contributed by atoms with Crippen LogP contribution in [0.25, 0.3) is 10.9 Å². The van der Waals surface area contributed by atoms with Crippen LogP contribution in [-0.4, -0.2) is 4.98 Å². The Hall–Kier alpha value is -1.74. The van der Waals surface area contributed by atoms with E-state index in [9.17, 15) is 0 Å². The molecule has 0 fully saturated rings. The van der Waals surface area contributed by atoms with Crippen LogP contribution in [0.4, 0.5) is 5.69 Å². The summed E-state index contributed by atoms with van der Waals surface area (Å²) in [6.45, 7) is 2.17. The molecule has 2 N–H and O–H groups in total. The zero-order valence-electron chi connectivity index (χ0n) is 12.6. The molecule has 2 nitrogen and oxygen atoms in total. The smallest absolute Gasteiger partial charge is 0.0666 e. The van der Waals surface area contributed by atoms with Crippen molar-refractivity contribution >= 4 is 32.5 Å². The summed E-state index contributed by atoms with van der Waals surface area (Å²) in [6, 6.07) is 15.5. The molecule has 0 radical (unpaired) electrons. The van der Waals surface area contributed by atoms with Gasteiger partial charge in [0.1, 0.15) is 0 Å². The molecule has 0 amide bonds. The van der Waals surface area contributed by atoms with Crippen molar-refractivity contribution in [3.63, 3.8) is 0 Å². The maximum atomic E-state index is 3.69. The van der Waals surface area contributed by atoms with E-state index in [1.165, 1.54) is 52.7 Å². The van der Waals surface area contributed by atoms with Crippen LogP contribution in [-0.2, 0) is 6.42 Å². The summed E-state index contributed by atoms with van der Waals surface area (Å²) in [5.74, 6) is 0. The molecule has 0 saturated heterocycles. The lowest BCUT2D eigenvalue weighted by Crippen LogP contribution is -2.17. The first-order valence-electron chi connectivity index (χ1n) is 7.84. The number of aromatic nitrogens is 1. The van der Waals surface area contributed by atoms with E-state index in [0.717, 1.165) is 4.47 Å². The van der Waals surface area contributed by atoms with Gasteiger partial charge in [-0.15, -0.1) is 0 Å². The van der Waals surface area contributed by atoms with Crippen molar-refractivity contribution in [2.75, 3.05) is 5.32 Å². The van der Waals surface area contributed by atoms with Crippen LogP contribution in [0.2, 0.25) is 0 Å². The molecule has 112 valence electrons. The highest BCUT2D eigenvalue weighted by atomic mass is 79.9. The molecular weight excluding hydrogens is 336 g/mol. The summed E-state index contributed by atoms with van der Waals surface area (Å²) in [4.78, 5) is 3.65. The standard InChI is InChI=1S/C19H19BrN2/c1-12-5-10-17-16(11-12)15-3-2-4-18(19(15)22-17)21-14-8-6-13(20)7-9-14/h5-11,18,21-22H,2-4H2,1H3. The quantitative estimate of drug-likeness (QED) is 0.604.